The quantitative estimate of drug-likeness (QED) is 0.274. The highest BCUT2D eigenvalue weighted by Crippen LogP contribution is 2.33. The van der Waals surface area contributed by atoms with E-state index in [2.05, 4.69) is 10.2 Å². The average molecular weight is 566 g/mol. The summed E-state index contributed by atoms with van der Waals surface area (Å²) >= 11 is 0. The number of rotatable bonds is 11. The van der Waals surface area contributed by atoms with E-state index in [1.165, 1.54) is 29.2 Å². The van der Waals surface area contributed by atoms with Crippen LogP contribution in [0, 0.1) is 10.1 Å². The van der Waals surface area contributed by atoms with E-state index in [1.807, 2.05) is 12.1 Å². The molecule has 0 spiro atoms. The van der Waals surface area contributed by atoms with Crippen LogP contribution >= 0.6 is 0 Å². The van der Waals surface area contributed by atoms with Crippen molar-refractivity contribution in [3.63, 3.8) is 0 Å². The number of nitrogens with zero attached hydrogens (tertiary/aromatic N) is 4. The molecule has 1 saturated heterocycles. The van der Waals surface area contributed by atoms with Gasteiger partial charge in [-0.3, -0.25) is 19.8 Å². The zero-order chi connectivity index (χ0) is 28.6. The van der Waals surface area contributed by atoms with Crippen LogP contribution in [0.2, 0.25) is 0 Å². The molecular formula is C28H31N5O8. The lowest BCUT2D eigenvalue weighted by molar-refractivity contribution is -0.384. The Balaban J connectivity index is 1.31. The number of anilines is 1. The molecule has 2 aliphatic rings. The van der Waals surface area contributed by atoms with E-state index in [-0.39, 0.29) is 38.0 Å². The number of nitro benzene ring substituents is 1. The Bertz CT molecular complexity index is 1340. The van der Waals surface area contributed by atoms with Gasteiger partial charge in [0.05, 0.1) is 30.9 Å². The molecule has 3 heterocycles. The Morgan fingerprint density at radius 1 is 0.976 bits per heavy atom. The number of benzene rings is 2. The number of carbonyl (C=O) groups is 2. The minimum Gasteiger partial charge on any atom is -0.467 e. The highest BCUT2D eigenvalue weighted by molar-refractivity contribution is 5.92. The van der Waals surface area contributed by atoms with Gasteiger partial charge in [-0.1, -0.05) is 6.07 Å². The first-order valence-corrected chi connectivity index (χ1v) is 13.2. The predicted octanol–water partition coefficient (Wildman–Crippen LogP) is 3.31. The van der Waals surface area contributed by atoms with Crippen molar-refractivity contribution in [1.82, 2.24) is 14.7 Å². The molecule has 1 N–H and O–H groups in total. The van der Waals surface area contributed by atoms with Gasteiger partial charge >= 0.3 is 6.03 Å². The second-order valence-electron chi connectivity index (χ2n) is 9.63. The maximum Gasteiger partial charge on any atom is 0.322 e. The molecule has 0 unspecified atom stereocenters. The first kappa shape index (κ1) is 27.9. The van der Waals surface area contributed by atoms with Crippen molar-refractivity contribution >= 4 is 23.3 Å². The molecule has 0 aliphatic carbocycles. The lowest BCUT2D eigenvalue weighted by Gasteiger charge is -2.31. The number of non-ortho nitro benzene ring substituents is 1. The number of furan rings is 1. The Morgan fingerprint density at radius 2 is 1.76 bits per heavy atom. The van der Waals surface area contributed by atoms with Crippen LogP contribution in [0.25, 0.3) is 0 Å². The zero-order valence-corrected chi connectivity index (χ0v) is 22.4. The number of hydrogen-bond acceptors (Lipinski definition) is 9. The van der Waals surface area contributed by atoms with Crippen molar-refractivity contribution in [3.8, 4) is 11.5 Å². The number of carbonyl (C=O) groups excluding carboxylic acids is 2. The summed E-state index contributed by atoms with van der Waals surface area (Å²) in [7, 11) is 0. The summed E-state index contributed by atoms with van der Waals surface area (Å²) in [5, 5.41) is 13.8. The molecule has 1 aromatic heterocycles. The van der Waals surface area contributed by atoms with Gasteiger partial charge in [-0.05, 0) is 42.0 Å². The van der Waals surface area contributed by atoms with Crippen LogP contribution in [0.15, 0.2) is 65.3 Å². The molecule has 0 radical (unpaired) electrons. The topological polar surface area (TPSA) is 140 Å². The Morgan fingerprint density at radius 3 is 2.49 bits per heavy atom. The number of urea groups is 1. The van der Waals surface area contributed by atoms with Gasteiger partial charge in [0.1, 0.15) is 12.3 Å². The number of nitro groups is 1. The third-order valence-electron chi connectivity index (χ3n) is 6.82. The molecule has 41 heavy (non-hydrogen) atoms. The maximum atomic E-state index is 13.7. The Labute approximate surface area is 236 Å². The summed E-state index contributed by atoms with van der Waals surface area (Å²) < 4.78 is 21.8. The van der Waals surface area contributed by atoms with Crippen molar-refractivity contribution < 1.29 is 33.1 Å². The Kier molecular flexibility index (Phi) is 8.96. The van der Waals surface area contributed by atoms with Crippen LogP contribution in [0.3, 0.4) is 0 Å². The molecule has 1 fully saturated rings. The van der Waals surface area contributed by atoms with Crippen molar-refractivity contribution in [2.45, 2.75) is 13.1 Å². The summed E-state index contributed by atoms with van der Waals surface area (Å²) in [5.74, 6) is 1.59. The minimum absolute atomic E-state index is 0.0839. The lowest BCUT2D eigenvalue weighted by atomic mass is 10.2. The fourth-order valence-corrected chi connectivity index (χ4v) is 4.55. The third kappa shape index (κ3) is 7.52. The van der Waals surface area contributed by atoms with Crippen LogP contribution in [0.5, 0.6) is 11.5 Å². The number of amides is 3. The van der Waals surface area contributed by atoms with Crippen LogP contribution in [-0.4, -0.2) is 84.3 Å². The molecule has 13 heteroatoms. The van der Waals surface area contributed by atoms with Gasteiger partial charge in [0.2, 0.25) is 12.7 Å². The molecular weight excluding hydrogens is 534 g/mol. The molecule has 216 valence electrons. The van der Waals surface area contributed by atoms with E-state index >= 15 is 0 Å². The predicted molar refractivity (Wildman–Crippen MR) is 146 cm³/mol. The van der Waals surface area contributed by atoms with Crippen molar-refractivity contribution in [2.75, 3.05) is 58.0 Å². The molecule has 5 rings (SSSR count). The number of fused-ring (bicyclic) bond motifs is 1. The van der Waals surface area contributed by atoms with Gasteiger partial charge in [0, 0.05) is 50.5 Å². The van der Waals surface area contributed by atoms with Gasteiger partial charge in [-0.25, -0.2) is 4.79 Å². The van der Waals surface area contributed by atoms with Crippen LogP contribution in [-0.2, 0) is 22.6 Å². The number of ether oxygens (including phenoxy) is 3. The standard InChI is InChI=1S/C28H31N5O8/c34-27(32(18-24-2-1-13-39-24)17-21-3-8-25-26(16-21)41-20-40-25)19-31(10-9-30-11-14-38-15-12-30)28(35)29-22-4-6-23(7-5-22)33(36)37/h1-8,13,16H,9-12,14-15,17-20H2,(H,29,35). The molecule has 0 bridgehead atoms. The zero-order valence-electron chi connectivity index (χ0n) is 22.4. The first-order valence-electron chi connectivity index (χ1n) is 13.2. The smallest absolute Gasteiger partial charge is 0.322 e. The second-order valence-corrected chi connectivity index (χ2v) is 9.63. The minimum atomic E-state index is -0.507. The van der Waals surface area contributed by atoms with E-state index in [4.69, 9.17) is 18.6 Å². The van der Waals surface area contributed by atoms with E-state index in [0.717, 1.165) is 18.7 Å². The fraction of sp³-hybridized carbons (Fsp3) is 0.357. The van der Waals surface area contributed by atoms with Crippen LogP contribution in [0.1, 0.15) is 11.3 Å². The second kappa shape index (κ2) is 13.2. The number of hydrogen-bond donors (Lipinski definition) is 1. The van der Waals surface area contributed by atoms with Gasteiger partial charge in [0.25, 0.3) is 5.69 Å². The average Bonchev–Trinajstić information content (AvgIpc) is 3.67. The van der Waals surface area contributed by atoms with E-state index in [0.29, 0.717) is 49.2 Å². The summed E-state index contributed by atoms with van der Waals surface area (Å²) in [6.45, 7) is 3.98. The summed E-state index contributed by atoms with van der Waals surface area (Å²) in [5.41, 5.74) is 1.14. The molecule has 3 aromatic rings. The molecule has 2 aliphatic heterocycles. The van der Waals surface area contributed by atoms with E-state index in [9.17, 15) is 19.7 Å². The van der Waals surface area contributed by atoms with Crippen molar-refractivity contribution in [2.24, 2.45) is 0 Å². The summed E-state index contributed by atoms with van der Waals surface area (Å²) in [6, 6.07) is 14.1. The first-order chi connectivity index (χ1) is 19.9. The van der Waals surface area contributed by atoms with Gasteiger partial charge in [-0.15, -0.1) is 0 Å². The van der Waals surface area contributed by atoms with Gasteiger partial charge in [0.15, 0.2) is 11.5 Å². The number of nitrogens with one attached hydrogen (secondary N) is 1. The molecule has 2 aromatic carbocycles. The highest BCUT2D eigenvalue weighted by atomic mass is 16.7. The monoisotopic (exact) mass is 565 g/mol. The highest BCUT2D eigenvalue weighted by Gasteiger charge is 2.25. The third-order valence-corrected chi connectivity index (χ3v) is 6.82. The van der Waals surface area contributed by atoms with Gasteiger partial charge in [-0.2, -0.15) is 0 Å². The van der Waals surface area contributed by atoms with E-state index in [1.54, 1.807) is 29.4 Å². The molecule has 0 saturated carbocycles. The molecule has 0 atom stereocenters. The Hall–Kier alpha value is -4.62. The largest absolute Gasteiger partial charge is 0.467 e. The molecule has 13 nitrogen and oxygen atoms in total. The van der Waals surface area contributed by atoms with E-state index < -0.39 is 11.0 Å². The fourth-order valence-electron chi connectivity index (χ4n) is 4.55. The molecule has 3 amide bonds. The van der Waals surface area contributed by atoms with Crippen LogP contribution in [0.4, 0.5) is 16.2 Å². The lowest BCUT2D eigenvalue weighted by Crippen LogP contribution is -2.48. The summed E-state index contributed by atoms with van der Waals surface area (Å²) in [6.07, 6.45) is 1.55. The van der Waals surface area contributed by atoms with Crippen LogP contribution < -0.4 is 14.8 Å². The number of morpholine rings is 1. The van der Waals surface area contributed by atoms with Crippen molar-refractivity contribution in [3.05, 3.63) is 82.3 Å². The summed E-state index contributed by atoms with van der Waals surface area (Å²) in [4.78, 5) is 42.9. The van der Waals surface area contributed by atoms with Gasteiger partial charge < -0.3 is 33.7 Å². The maximum absolute atomic E-state index is 13.7. The van der Waals surface area contributed by atoms with Crippen molar-refractivity contribution in [1.29, 1.82) is 0 Å². The normalized spacial score (nSPS) is 14.4. The SMILES string of the molecule is O=C(CN(CCN1CCOCC1)C(=O)Nc1ccc([N+](=O)[O-])cc1)N(Cc1ccc2c(c1)OCO2)Cc1ccco1.